The van der Waals surface area contributed by atoms with Crippen LogP contribution >= 0.6 is 0 Å². The molecule has 84 valence electrons. The number of benzene rings is 1. The topological polar surface area (TPSA) is 48.0 Å². The van der Waals surface area contributed by atoms with Gasteiger partial charge in [-0.05, 0) is 31.0 Å². The standard InChI is InChI=1S/C13H16N2O/c16-8-6-12-13-10(5-7-14-12)9-3-1-2-4-11(9)15-13/h1-4,12,14-16H,5-8H2. The van der Waals surface area contributed by atoms with Gasteiger partial charge in [0.2, 0.25) is 0 Å². The molecule has 0 amide bonds. The number of rotatable bonds is 2. The number of fused-ring (bicyclic) bond motifs is 3. The van der Waals surface area contributed by atoms with Gasteiger partial charge in [0.05, 0.1) is 0 Å². The first kappa shape index (κ1) is 9.87. The summed E-state index contributed by atoms with van der Waals surface area (Å²) < 4.78 is 0. The van der Waals surface area contributed by atoms with Crippen molar-refractivity contribution in [2.45, 2.75) is 18.9 Å². The summed E-state index contributed by atoms with van der Waals surface area (Å²) in [5.41, 5.74) is 3.90. The molecular formula is C13H16N2O. The van der Waals surface area contributed by atoms with Crippen molar-refractivity contribution in [2.24, 2.45) is 0 Å². The van der Waals surface area contributed by atoms with E-state index in [0.29, 0.717) is 0 Å². The summed E-state index contributed by atoms with van der Waals surface area (Å²) in [7, 11) is 0. The number of H-pyrrole nitrogens is 1. The molecule has 0 aliphatic carbocycles. The van der Waals surface area contributed by atoms with Crippen LogP contribution in [0.5, 0.6) is 0 Å². The Morgan fingerprint density at radius 1 is 1.31 bits per heavy atom. The highest BCUT2D eigenvalue weighted by Gasteiger charge is 2.22. The van der Waals surface area contributed by atoms with Gasteiger partial charge in [0.1, 0.15) is 0 Å². The van der Waals surface area contributed by atoms with E-state index in [9.17, 15) is 0 Å². The number of aliphatic hydroxyl groups is 1. The summed E-state index contributed by atoms with van der Waals surface area (Å²) in [5.74, 6) is 0. The van der Waals surface area contributed by atoms with Crippen LogP contribution in [-0.4, -0.2) is 23.2 Å². The molecule has 3 nitrogen and oxygen atoms in total. The number of hydrogen-bond donors (Lipinski definition) is 3. The van der Waals surface area contributed by atoms with Crippen molar-refractivity contribution in [3.8, 4) is 0 Å². The molecule has 0 fully saturated rings. The second kappa shape index (κ2) is 3.92. The zero-order valence-electron chi connectivity index (χ0n) is 9.16. The monoisotopic (exact) mass is 216 g/mol. The summed E-state index contributed by atoms with van der Waals surface area (Å²) in [6.45, 7) is 1.23. The Hall–Kier alpha value is -1.32. The molecule has 3 N–H and O–H groups in total. The van der Waals surface area contributed by atoms with E-state index in [1.807, 2.05) is 0 Å². The van der Waals surface area contributed by atoms with Crippen molar-refractivity contribution in [3.63, 3.8) is 0 Å². The molecule has 3 heteroatoms. The van der Waals surface area contributed by atoms with E-state index in [1.165, 1.54) is 22.2 Å². The zero-order valence-corrected chi connectivity index (χ0v) is 9.16. The van der Waals surface area contributed by atoms with Crippen LogP contribution in [-0.2, 0) is 6.42 Å². The molecule has 0 spiro atoms. The van der Waals surface area contributed by atoms with E-state index in [1.54, 1.807) is 0 Å². The molecule has 0 radical (unpaired) electrons. The van der Waals surface area contributed by atoms with Crippen LogP contribution in [0, 0.1) is 0 Å². The van der Waals surface area contributed by atoms with Gasteiger partial charge in [-0.1, -0.05) is 18.2 Å². The average molecular weight is 216 g/mol. The largest absolute Gasteiger partial charge is 0.396 e. The smallest absolute Gasteiger partial charge is 0.0498 e. The maximum absolute atomic E-state index is 9.07. The highest BCUT2D eigenvalue weighted by Crippen LogP contribution is 2.30. The van der Waals surface area contributed by atoms with Crippen LogP contribution in [0.25, 0.3) is 10.9 Å². The molecule has 0 bridgehead atoms. The minimum atomic E-state index is 0.229. The summed E-state index contributed by atoms with van der Waals surface area (Å²) in [6, 6.07) is 8.70. The predicted molar refractivity (Wildman–Crippen MR) is 64.4 cm³/mol. The van der Waals surface area contributed by atoms with Gasteiger partial charge in [-0.15, -0.1) is 0 Å². The Labute approximate surface area is 94.5 Å². The van der Waals surface area contributed by atoms with E-state index in [4.69, 9.17) is 5.11 Å². The summed E-state index contributed by atoms with van der Waals surface area (Å²) in [6.07, 6.45) is 1.85. The van der Waals surface area contributed by atoms with Crippen LogP contribution in [0.4, 0.5) is 0 Å². The maximum Gasteiger partial charge on any atom is 0.0498 e. The van der Waals surface area contributed by atoms with Gasteiger partial charge in [0.25, 0.3) is 0 Å². The van der Waals surface area contributed by atoms with Gasteiger partial charge in [-0.25, -0.2) is 0 Å². The van der Waals surface area contributed by atoms with E-state index in [0.717, 1.165) is 19.4 Å². The van der Waals surface area contributed by atoms with E-state index < -0.39 is 0 Å². The van der Waals surface area contributed by atoms with Gasteiger partial charge in [0, 0.05) is 29.2 Å². The summed E-state index contributed by atoms with van der Waals surface area (Å²) >= 11 is 0. The molecule has 2 heterocycles. The molecule has 1 atom stereocenters. The van der Waals surface area contributed by atoms with Crippen molar-refractivity contribution in [1.29, 1.82) is 0 Å². The van der Waals surface area contributed by atoms with Crippen molar-refractivity contribution in [3.05, 3.63) is 35.5 Å². The Balaban J connectivity index is 2.13. The number of para-hydroxylation sites is 1. The molecule has 0 saturated heterocycles. The molecule has 2 aromatic rings. The molecule has 3 rings (SSSR count). The first-order chi connectivity index (χ1) is 7.90. The first-order valence-corrected chi connectivity index (χ1v) is 5.84. The molecule has 1 unspecified atom stereocenters. The van der Waals surface area contributed by atoms with Crippen molar-refractivity contribution >= 4 is 10.9 Å². The fraction of sp³-hybridized carbons (Fsp3) is 0.385. The second-order valence-electron chi connectivity index (χ2n) is 4.33. The van der Waals surface area contributed by atoms with E-state index in [2.05, 4.69) is 34.6 Å². The van der Waals surface area contributed by atoms with Gasteiger partial charge >= 0.3 is 0 Å². The fourth-order valence-corrected chi connectivity index (χ4v) is 2.64. The molecular weight excluding hydrogens is 200 g/mol. The van der Waals surface area contributed by atoms with Crippen LogP contribution in [0.15, 0.2) is 24.3 Å². The van der Waals surface area contributed by atoms with E-state index in [-0.39, 0.29) is 12.6 Å². The highest BCUT2D eigenvalue weighted by atomic mass is 16.3. The lowest BCUT2D eigenvalue weighted by molar-refractivity contribution is 0.262. The molecule has 1 aliphatic heterocycles. The van der Waals surface area contributed by atoms with Gasteiger partial charge < -0.3 is 15.4 Å². The van der Waals surface area contributed by atoms with Gasteiger partial charge in [-0.3, -0.25) is 0 Å². The third-order valence-corrected chi connectivity index (χ3v) is 3.38. The SMILES string of the molecule is OCCC1NCCc2c1[nH]c1ccccc21. The minimum absolute atomic E-state index is 0.229. The van der Waals surface area contributed by atoms with Crippen molar-refractivity contribution < 1.29 is 5.11 Å². The molecule has 0 saturated carbocycles. The fourth-order valence-electron chi connectivity index (χ4n) is 2.64. The molecule has 16 heavy (non-hydrogen) atoms. The zero-order chi connectivity index (χ0) is 11.0. The Morgan fingerprint density at radius 3 is 3.06 bits per heavy atom. The van der Waals surface area contributed by atoms with Crippen molar-refractivity contribution in [1.82, 2.24) is 10.3 Å². The Bertz CT molecular complexity index is 504. The molecule has 1 aromatic heterocycles. The van der Waals surface area contributed by atoms with Gasteiger partial charge in [0.15, 0.2) is 0 Å². The van der Waals surface area contributed by atoms with Crippen LogP contribution in [0.2, 0.25) is 0 Å². The normalized spacial score (nSPS) is 19.9. The number of hydrogen-bond acceptors (Lipinski definition) is 2. The molecule has 1 aliphatic rings. The predicted octanol–water partition coefficient (Wildman–Crippen LogP) is 1.74. The van der Waals surface area contributed by atoms with E-state index >= 15 is 0 Å². The minimum Gasteiger partial charge on any atom is -0.396 e. The lowest BCUT2D eigenvalue weighted by atomic mass is 9.98. The summed E-state index contributed by atoms with van der Waals surface area (Å²) in [4.78, 5) is 3.48. The van der Waals surface area contributed by atoms with Gasteiger partial charge in [-0.2, -0.15) is 0 Å². The lowest BCUT2D eigenvalue weighted by Gasteiger charge is -2.23. The van der Waals surface area contributed by atoms with Crippen molar-refractivity contribution in [2.75, 3.05) is 13.2 Å². The number of aromatic amines is 1. The third kappa shape index (κ3) is 1.44. The first-order valence-electron chi connectivity index (χ1n) is 5.84. The second-order valence-corrected chi connectivity index (χ2v) is 4.33. The van der Waals surface area contributed by atoms with Crippen LogP contribution in [0.1, 0.15) is 23.7 Å². The quantitative estimate of drug-likeness (QED) is 0.716. The molecule has 1 aromatic carbocycles. The average Bonchev–Trinajstić information content (AvgIpc) is 2.69. The Kier molecular flexibility index (Phi) is 2.42. The lowest BCUT2D eigenvalue weighted by Crippen LogP contribution is -2.30. The highest BCUT2D eigenvalue weighted by molar-refractivity contribution is 5.85. The number of nitrogens with one attached hydrogen (secondary N) is 2. The number of aliphatic hydroxyl groups excluding tert-OH is 1. The summed E-state index contributed by atoms with van der Waals surface area (Å²) in [5, 5.41) is 13.8. The third-order valence-electron chi connectivity index (χ3n) is 3.38. The Morgan fingerprint density at radius 2 is 2.19 bits per heavy atom. The number of aromatic nitrogens is 1. The maximum atomic E-state index is 9.07. The van der Waals surface area contributed by atoms with Crippen LogP contribution < -0.4 is 5.32 Å². The van der Waals surface area contributed by atoms with Crippen LogP contribution in [0.3, 0.4) is 0 Å².